The minimum absolute atomic E-state index is 0.118. The number of alkyl carbamates (subject to hydrolysis) is 1. The van der Waals surface area contributed by atoms with Crippen molar-refractivity contribution in [3.8, 4) is 0 Å². The van der Waals surface area contributed by atoms with Gasteiger partial charge in [0.05, 0.1) is 6.04 Å². The molecule has 5 atom stereocenters. The fourth-order valence-corrected chi connectivity index (χ4v) is 6.07. The molecule has 10 nitrogen and oxygen atoms in total. The summed E-state index contributed by atoms with van der Waals surface area (Å²) in [7, 11) is 0. The van der Waals surface area contributed by atoms with Crippen LogP contribution >= 0.6 is 0 Å². The largest absolute Gasteiger partial charge is 0.444 e. The molecule has 2 heterocycles. The van der Waals surface area contributed by atoms with Crippen LogP contribution < -0.4 is 21.7 Å². The summed E-state index contributed by atoms with van der Waals surface area (Å²) < 4.78 is 5.32. The van der Waals surface area contributed by atoms with E-state index in [9.17, 15) is 19.2 Å². The first-order chi connectivity index (χ1) is 20.5. The zero-order valence-electron chi connectivity index (χ0n) is 25.5. The third-order valence-electron chi connectivity index (χ3n) is 8.24. The Morgan fingerprint density at radius 1 is 0.930 bits per heavy atom. The van der Waals surface area contributed by atoms with E-state index < -0.39 is 35.7 Å². The van der Waals surface area contributed by atoms with Crippen molar-refractivity contribution in [3.05, 3.63) is 71.8 Å². The molecule has 2 saturated heterocycles. The molecular formula is C33H45N5O5. The molecule has 2 fully saturated rings. The number of carbonyl (C=O) groups is 4. The highest BCUT2D eigenvalue weighted by atomic mass is 16.6. The highest BCUT2D eigenvalue weighted by Gasteiger charge is 2.47. The maximum atomic E-state index is 14.2. The van der Waals surface area contributed by atoms with Gasteiger partial charge in [-0.05, 0) is 70.5 Å². The lowest BCUT2D eigenvalue weighted by molar-refractivity contribution is -0.143. The number of rotatable bonds is 9. The molecule has 2 aromatic carbocycles. The van der Waals surface area contributed by atoms with E-state index in [1.54, 1.807) is 32.6 Å². The lowest BCUT2D eigenvalue weighted by Gasteiger charge is -2.33. The number of nitrogens with two attached hydrogens (primary N) is 1. The molecule has 0 bridgehead atoms. The predicted octanol–water partition coefficient (Wildman–Crippen LogP) is 3.41. The molecule has 0 spiro atoms. The Kier molecular flexibility index (Phi) is 10.4. The standard InChI is InChI=1S/C33H45N5O5/c1-5-25(35-32(42)43-33(2,3)4)29(39)37-28-23(20-34)16-17-24-18-19-26(38(24)31(28)41)30(40)36-27(21-12-8-6-9-13-21)22-14-10-7-11-15-22/h6-15,23-28H,5,16-20,34H2,1-4H3,(H,35,42)(H,36,40)(H,37,39)/t23-,24+,25+,26+,28+/m1/s1. The Morgan fingerprint density at radius 2 is 1.51 bits per heavy atom. The van der Waals surface area contributed by atoms with Gasteiger partial charge in [0.25, 0.3) is 0 Å². The van der Waals surface area contributed by atoms with Crippen LogP contribution in [0.4, 0.5) is 4.79 Å². The Morgan fingerprint density at radius 3 is 2.05 bits per heavy atom. The molecule has 0 unspecified atom stereocenters. The summed E-state index contributed by atoms with van der Waals surface area (Å²) in [6, 6.07) is 16.5. The first kappa shape index (κ1) is 32.0. The molecule has 5 N–H and O–H groups in total. The van der Waals surface area contributed by atoms with Gasteiger partial charge in [-0.25, -0.2) is 4.79 Å². The van der Waals surface area contributed by atoms with Gasteiger partial charge in [0.2, 0.25) is 17.7 Å². The number of hydrogen-bond acceptors (Lipinski definition) is 6. The van der Waals surface area contributed by atoms with Gasteiger partial charge in [-0.3, -0.25) is 14.4 Å². The Hall–Kier alpha value is -3.92. The summed E-state index contributed by atoms with van der Waals surface area (Å²) in [5.41, 5.74) is 7.27. The molecular weight excluding hydrogens is 546 g/mol. The van der Waals surface area contributed by atoms with Gasteiger partial charge in [-0.15, -0.1) is 0 Å². The number of amides is 4. The molecule has 4 amide bonds. The number of fused-ring (bicyclic) bond motifs is 1. The second-order valence-corrected chi connectivity index (χ2v) is 12.4. The molecule has 0 aliphatic carbocycles. The fraction of sp³-hybridized carbons (Fsp3) is 0.515. The molecule has 10 heteroatoms. The Balaban J connectivity index is 1.53. The molecule has 43 heavy (non-hydrogen) atoms. The van der Waals surface area contributed by atoms with E-state index in [2.05, 4.69) is 16.0 Å². The number of nitrogens with zero attached hydrogens (tertiary/aromatic N) is 1. The Bertz CT molecular complexity index is 1230. The van der Waals surface area contributed by atoms with E-state index >= 15 is 0 Å². The van der Waals surface area contributed by atoms with Gasteiger partial charge in [-0.1, -0.05) is 67.6 Å². The van der Waals surface area contributed by atoms with Gasteiger partial charge < -0.3 is 31.3 Å². The molecule has 2 aromatic rings. The molecule has 2 aliphatic heterocycles. The second-order valence-electron chi connectivity index (χ2n) is 12.4. The topological polar surface area (TPSA) is 143 Å². The lowest BCUT2D eigenvalue weighted by atomic mass is 9.93. The van der Waals surface area contributed by atoms with Crippen LogP contribution in [0.3, 0.4) is 0 Å². The molecule has 0 radical (unpaired) electrons. The zero-order chi connectivity index (χ0) is 31.1. The quantitative estimate of drug-likeness (QED) is 0.352. The number of hydrogen-bond donors (Lipinski definition) is 4. The van der Waals surface area contributed by atoms with Crippen molar-refractivity contribution in [2.24, 2.45) is 11.7 Å². The SMILES string of the molecule is CC[C@H](NC(=O)OC(C)(C)C)C(=O)N[C@@H]1C(=O)N2[C@@H](CC[C@@H]1CN)CC[C@H]2C(=O)NC(c1ccccc1)c1ccccc1. The van der Waals surface area contributed by atoms with Gasteiger partial charge in [0.15, 0.2) is 0 Å². The van der Waals surface area contributed by atoms with E-state index in [1.807, 2.05) is 60.7 Å². The van der Waals surface area contributed by atoms with Crippen LogP contribution in [-0.2, 0) is 19.1 Å². The Labute approximate surface area is 254 Å². The summed E-state index contributed by atoms with van der Waals surface area (Å²) in [4.78, 5) is 55.5. The summed E-state index contributed by atoms with van der Waals surface area (Å²) in [5.74, 6) is -1.34. The average Bonchev–Trinajstić information content (AvgIpc) is 3.36. The van der Waals surface area contributed by atoms with Crippen LogP contribution in [0.15, 0.2) is 60.7 Å². The van der Waals surface area contributed by atoms with Gasteiger partial charge in [0.1, 0.15) is 23.7 Å². The summed E-state index contributed by atoms with van der Waals surface area (Å²) in [6.07, 6.45) is 2.15. The molecule has 232 valence electrons. The van der Waals surface area contributed by atoms with Gasteiger partial charge in [-0.2, -0.15) is 0 Å². The average molecular weight is 592 g/mol. The summed E-state index contributed by atoms with van der Waals surface area (Å²) >= 11 is 0. The van der Waals surface area contributed by atoms with Crippen LogP contribution in [0.5, 0.6) is 0 Å². The van der Waals surface area contributed by atoms with Crippen molar-refractivity contribution >= 4 is 23.8 Å². The monoisotopic (exact) mass is 591 g/mol. The van der Waals surface area contributed by atoms with Gasteiger partial charge >= 0.3 is 6.09 Å². The number of ether oxygens (including phenoxy) is 1. The van der Waals surface area contributed by atoms with Crippen molar-refractivity contribution in [1.82, 2.24) is 20.9 Å². The maximum absolute atomic E-state index is 14.2. The van der Waals surface area contributed by atoms with Crippen molar-refractivity contribution < 1.29 is 23.9 Å². The molecule has 0 saturated carbocycles. The van der Waals surface area contributed by atoms with E-state index in [4.69, 9.17) is 10.5 Å². The number of nitrogens with one attached hydrogen (secondary N) is 3. The zero-order valence-corrected chi connectivity index (χ0v) is 25.5. The van der Waals surface area contributed by atoms with Crippen LogP contribution in [0, 0.1) is 5.92 Å². The van der Waals surface area contributed by atoms with Crippen LogP contribution in [0.25, 0.3) is 0 Å². The normalized spacial score (nSPS) is 22.7. The molecule has 2 aliphatic rings. The van der Waals surface area contributed by atoms with E-state index in [0.717, 1.165) is 11.1 Å². The van der Waals surface area contributed by atoms with Gasteiger partial charge in [0, 0.05) is 12.0 Å². The first-order valence-corrected chi connectivity index (χ1v) is 15.2. The van der Waals surface area contributed by atoms with Crippen molar-refractivity contribution in [1.29, 1.82) is 0 Å². The fourth-order valence-electron chi connectivity index (χ4n) is 6.07. The van der Waals surface area contributed by atoms with Crippen molar-refractivity contribution in [2.75, 3.05) is 6.54 Å². The molecule has 4 rings (SSSR count). The van der Waals surface area contributed by atoms with Crippen molar-refractivity contribution in [3.63, 3.8) is 0 Å². The second kappa shape index (κ2) is 14.0. The number of carbonyl (C=O) groups excluding carboxylic acids is 4. The van der Waals surface area contributed by atoms with E-state index in [1.165, 1.54) is 0 Å². The van der Waals surface area contributed by atoms with E-state index in [0.29, 0.717) is 32.1 Å². The number of benzene rings is 2. The minimum Gasteiger partial charge on any atom is -0.444 e. The lowest BCUT2D eigenvalue weighted by Crippen LogP contribution is -2.59. The first-order valence-electron chi connectivity index (χ1n) is 15.2. The minimum atomic E-state index is -0.913. The van der Waals surface area contributed by atoms with E-state index in [-0.39, 0.29) is 36.4 Å². The van der Waals surface area contributed by atoms with Crippen molar-refractivity contribution in [2.45, 2.75) is 95.6 Å². The predicted molar refractivity (Wildman–Crippen MR) is 164 cm³/mol. The molecule has 0 aromatic heterocycles. The van der Waals surface area contributed by atoms with Crippen LogP contribution in [0.2, 0.25) is 0 Å². The highest BCUT2D eigenvalue weighted by molar-refractivity contribution is 5.95. The summed E-state index contributed by atoms with van der Waals surface area (Å²) in [6.45, 7) is 7.19. The third-order valence-corrected chi connectivity index (χ3v) is 8.24. The van der Waals surface area contributed by atoms with Crippen LogP contribution in [-0.4, -0.2) is 65.0 Å². The highest BCUT2D eigenvalue weighted by Crippen LogP contribution is 2.34. The maximum Gasteiger partial charge on any atom is 0.408 e. The smallest absolute Gasteiger partial charge is 0.408 e. The van der Waals surface area contributed by atoms with Crippen LogP contribution in [0.1, 0.15) is 77.0 Å². The third kappa shape index (κ3) is 7.93. The summed E-state index contributed by atoms with van der Waals surface area (Å²) in [5, 5.41) is 8.70.